The fraction of sp³-hybridized carbons (Fsp3) is 0.316. The largest absolute Gasteiger partial charge is 0.348 e. The molecule has 1 fully saturated rings. The summed E-state index contributed by atoms with van der Waals surface area (Å²) in [6.45, 7) is 2.65. The van der Waals surface area contributed by atoms with Crippen LogP contribution >= 0.6 is 11.3 Å². The molecule has 1 amide bonds. The van der Waals surface area contributed by atoms with Crippen molar-refractivity contribution in [3.63, 3.8) is 0 Å². The van der Waals surface area contributed by atoms with E-state index in [4.69, 9.17) is 4.98 Å². The zero-order chi connectivity index (χ0) is 18.1. The number of anilines is 1. The fourth-order valence-electron chi connectivity index (χ4n) is 3.26. The molecule has 0 unspecified atom stereocenters. The highest BCUT2D eigenvalue weighted by atomic mass is 32.1. The third-order valence-electron chi connectivity index (χ3n) is 4.71. The second-order valence-corrected chi connectivity index (χ2v) is 7.44. The molecule has 0 radical (unpaired) electrons. The Bertz CT molecular complexity index is 928. The summed E-state index contributed by atoms with van der Waals surface area (Å²) in [5.74, 6) is -0.858. The maximum atomic E-state index is 12.6. The van der Waals surface area contributed by atoms with Gasteiger partial charge in [-0.3, -0.25) is 9.59 Å². The smallest absolute Gasteiger partial charge is 0.296 e. The van der Waals surface area contributed by atoms with Crippen LogP contribution in [0.1, 0.15) is 16.9 Å². The minimum absolute atomic E-state index is 0.419. The lowest BCUT2D eigenvalue weighted by Crippen LogP contribution is -2.39. The number of carbonyl (C=O) groups is 2. The Morgan fingerprint density at radius 1 is 1.04 bits per heavy atom. The Kier molecular flexibility index (Phi) is 4.46. The van der Waals surface area contributed by atoms with Gasteiger partial charge in [0.2, 0.25) is 0 Å². The van der Waals surface area contributed by atoms with Crippen molar-refractivity contribution in [2.24, 2.45) is 7.05 Å². The maximum Gasteiger partial charge on any atom is 0.296 e. The molecule has 134 valence electrons. The molecule has 4 rings (SSSR count). The first kappa shape index (κ1) is 16.8. The van der Waals surface area contributed by atoms with Gasteiger partial charge < -0.3 is 14.4 Å². The van der Waals surface area contributed by atoms with Crippen molar-refractivity contribution < 1.29 is 9.59 Å². The average Bonchev–Trinajstić information content (AvgIpc) is 3.19. The summed E-state index contributed by atoms with van der Waals surface area (Å²) in [5.41, 5.74) is 1.44. The van der Waals surface area contributed by atoms with E-state index in [1.54, 1.807) is 46.2 Å². The van der Waals surface area contributed by atoms with E-state index in [-0.39, 0.29) is 0 Å². The van der Waals surface area contributed by atoms with Crippen LogP contribution in [0.25, 0.3) is 10.2 Å². The minimum Gasteiger partial charge on any atom is -0.348 e. The third kappa shape index (κ3) is 3.10. The Morgan fingerprint density at radius 2 is 1.88 bits per heavy atom. The topological polar surface area (TPSA) is 58.4 Å². The summed E-state index contributed by atoms with van der Waals surface area (Å²) < 4.78 is 2.85. The van der Waals surface area contributed by atoms with Crippen molar-refractivity contribution >= 4 is 38.4 Å². The van der Waals surface area contributed by atoms with Crippen molar-refractivity contribution in [2.75, 3.05) is 31.1 Å². The summed E-state index contributed by atoms with van der Waals surface area (Å²) in [7, 11) is 1.78. The van der Waals surface area contributed by atoms with Crippen LogP contribution in [0.15, 0.2) is 42.6 Å². The predicted octanol–water partition coefficient (Wildman–Crippen LogP) is 2.56. The van der Waals surface area contributed by atoms with Crippen molar-refractivity contribution in [1.82, 2.24) is 14.5 Å². The molecule has 1 aromatic carbocycles. The van der Waals surface area contributed by atoms with Gasteiger partial charge in [-0.25, -0.2) is 4.98 Å². The molecule has 26 heavy (non-hydrogen) atoms. The first-order valence-corrected chi connectivity index (χ1v) is 9.50. The maximum absolute atomic E-state index is 12.6. The molecule has 6 nitrogen and oxygen atoms in total. The summed E-state index contributed by atoms with van der Waals surface area (Å²) in [6.07, 6.45) is 2.60. The zero-order valence-corrected chi connectivity index (χ0v) is 15.4. The van der Waals surface area contributed by atoms with Gasteiger partial charge in [0.1, 0.15) is 0 Å². The van der Waals surface area contributed by atoms with E-state index in [2.05, 4.69) is 11.0 Å². The zero-order valence-electron chi connectivity index (χ0n) is 14.6. The van der Waals surface area contributed by atoms with E-state index in [0.717, 1.165) is 23.6 Å². The molecule has 7 heteroatoms. The molecule has 3 heterocycles. The third-order valence-corrected chi connectivity index (χ3v) is 5.80. The number of benzene rings is 1. The molecule has 1 aliphatic rings. The van der Waals surface area contributed by atoms with Gasteiger partial charge in [-0.15, -0.1) is 0 Å². The Hall–Kier alpha value is -2.67. The number of thiazole rings is 1. The predicted molar refractivity (Wildman–Crippen MR) is 103 cm³/mol. The number of aromatic nitrogens is 2. The van der Waals surface area contributed by atoms with Gasteiger partial charge in [-0.05, 0) is 30.7 Å². The molecular weight excluding hydrogens is 348 g/mol. The van der Waals surface area contributed by atoms with Gasteiger partial charge in [-0.1, -0.05) is 23.5 Å². The molecule has 2 aromatic heterocycles. The Morgan fingerprint density at radius 3 is 2.65 bits per heavy atom. The molecular formula is C19H20N4O2S. The molecule has 0 N–H and O–H groups in total. The standard InChI is InChI=1S/C19H20N4O2S/c1-21-9-4-7-15(21)17(24)18(25)22-10-5-11-23(13-12-22)19-20-14-6-2-3-8-16(14)26-19/h2-4,6-9H,5,10-13H2,1H3. The van der Waals surface area contributed by atoms with Crippen molar-refractivity contribution in [3.8, 4) is 0 Å². The molecule has 1 saturated heterocycles. The van der Waals surface area contributed by atoms with Crippen molar-refractivity contribution in [3.05, 3.63) is 48.3 Å². The van der Waals surface area contributed by atoms with E-state index in [0.29, 0.717) is 25.3 Å². The average molecular weight is 368 g/mol. The van der Waals surface area contributed by atoms with E-state index in [1.807, 2.05) is 18.2 Å². The molecule has 3 aromatic rings. The molecule has 0 aliphatic carbocycles. The highest BCUT2D eigenvalue weighted by Gasteiger charge is 2.27. The second-order valence-electron chi connectivity index (χ2n) is 6.43. The monoisotopic (exact) mass is 368 g/mol. The fourth-order valence-corrected chi connectivity index (χ4v) is 4.27. The van der Waals surface area contributed by atoms with Crippen LogP contribution in [-0.2, 0) is 11.8 Å². The number of nitrogens with zero attached hydrogens (tertiary/aromatic N) is 4. The van der Waals surface area contributed by atoms with Crippen LogP contribution in [0.3, 0.4) is 0 Å². The van der Waals surface area contributed by atoms with E-state index in [9.17, 15) is 9.59 Å². The Balaban J connectivity index is 1.47. The quantitative estimate of drug-likeness (QED) is 0.527. The van der Waals surface area contributed by atoms with Crippen LogP contribution in [0, 0.1) is 0 Å². The van der Waals surface area contributed by atoms with Gasteiger partial charge in [0.25, 0.3) is 11.7 Å². The first-order chi connectivity index (χ1) is 12.6. The summed E-state index contributed by atoms with van der Waals surface area (Å²) in [6, 6.07) is 11.6. The minimum atomic E-state index is -0.439. The number of aryl methyl sites for hydroxylation is 1. The number of carbonyl (C=O) groups excluding carboxylic acids is 2. The lowest BCUT2D eigenvalue weighted by molar-refractivity contribution is -0.126. The summed E-state index contributed by atoms with van der Waals surface area (Å²) in [5, 5.41) is 0.981. The first-order valence-electron chi connectivity index (χ1n) is 8.69. The number of hydrogen-bond acceptors (Lipinski definition) is 5. The number of ketones is 1. The van der Waals surface area contributed by atoms with Crippen LogP contribution in [0.5, 0.6) is 0 Å². The number of rotatable bonds is 3. The Labute approximate surface area is 155 Å². The SMILES string of the molecule is Cn1cccc1C(=O)C(=O)N1CCCN(c2nc3ccccc3s2)CC1. The van der Waals surface area contributed by atoms with Gasteiger partial charge >= 0.3 is 0 Å². The molecule has 1 aliphatic heterocycles. The van der Waals surface area contributed by atoms with Crippen molar-refractivity contribution in [2.45, 2.75) is 6.42 Å². The van der Waals surface area contributed by atoms with Gasteiger partial charge in [0.15, 0.2) is 5.13 Å². The number of amides is 1. The van der Waals surface area contributed by atoms with E-state index in [1.165, 1.54) is 4.70 Å². The highest BCUT2D eigenvalue weighted by Crippen LogP contribution is 2.29. The number of fused-ring (bicyclic) bond motifs is 1. The molecule has 0 bridgehead atoms. The number of Topliss-reactive ketones (excluding diaryl/α,β-unsaturated/α-hetero) is 1. The van der Waals surface area contributed by atoms with E-state index < -0.39 is 11.7 Å². The number of para-hydroxylation sites is 1. The summed E-state index contributed by atoms with van der Waals surface area (Å²) in [4.78, 5) is 33.7. The van der Waals surface area contributed by atoms with Gasteiger partial charge in [0.05, 0.1) is 15.9 Å². The second kappa shape index (κ2) is 6.92. The van der Waals surface area contributed by atoms with Crippen LogP contribution in [0.2, 0.25) is 0 Å². The highest BCUT2D eigenvalue weighted by molar-refractivity contribution is 7.22. The lowest BCUT2D eigenvalue weighted by Gasteiger charge is -2.21. The molecule has 0 saturated carbocycles. The van der Waals surface area contributed by atoms with Crippen LogP contribution in [-0.4, -0.2) is 52.3 Å². The van der Waals surface area contributed by atoms with Crippen molar-refractivity contribution in [1.29, 1.82) is 0 Å². The molecule has 0 atom stereocenters. The lowest BCUT2D eigenvalue weighted by atomic mass is 10.2. The van der Waals surface area contributed by atoms with Crippen LogP contribution in [0.4, 0.5) is 5.13 Å². The van der Waals surface area contributed by atoms with E-state index >= 15 is 0 Å². The normalized spacial score (nSPS) is 15.3. The molecule has 0 spiro atoms. The van der Waals surface area contributed by atoms with Gasteiger partial charge in [0, 0.05) is 39.4 Å². The number of hydrogen-bond donors (Lipinski definition) is 0. The van der Waals surface area contributed by atoms with Crippen LogP contribution < -0.4 is 4.90 Å². The van der Waals surface area contributed by atoms with Gasteiger partial charge in [-0.2, -0.15) is 0 Å². The summed E-state index contributed by atoms with van der Waals surface area (Å²) >= 11 is 1.67.